The molecule has 5 nitrogen and oxygen atoms in total. The van der Waals surface area contributed by atoms with Crippen LogP contribution in [0.5, 0.6) is 0 Å². The molecule has 0 aliphatic rings. The maximum atomic E-state index is 11.5. The highest BCUT2D eigenvalue weighted by Crippen LogP contribution is 2.11. The lowest BCUT2D eigenvalue weighted by Crippen LogP contribution is -2.10. The molecule has 80 valence electrons. The Labute approximate surface area is 90.9 Å². The lowest BCUT2D eigenvalue weighted by Gasteiger charge is -1.96. The molecule has 0 aliphatic carbocycles. The van der Waals surface area contributed by atoms with E-state index in [4.69, 9.17) is 11.6 Å². The van der Waals surface area contributed by atoms with Gasteiger partial charge in [0.15, 0.2) is 5.52 Å². The number of aromatic amines is 2. The van der Waals surface area contributed by atoms with Crippen LogP contribution in [0.25, 0.3) is 11.0 Å². The molecule has 2 rings (SSSR count). The first-order valence-corrected chi connectivity index (χ1v) is 5.31. The van der Waals surface area contributed by atoms with E-state index in [0.29, 0.717) is 16.9 Å². The summed E-state index contributed by atoms with van der Waals surface area (Å²) in [6.07, 6.45) is 1.80. The molecule has 2 aromatic rings. The van der Waals surface area contributed by atoms with Crippen molar-refractivity contribution in [3.05, 3.63) is 21.9 Å². The minimum absolute atomic E-state index is 0.196. The first-order valence-electron chi connectivity index (χ1n) is 4.78. The highest BCUT2D eigenvalue weighted by atomic mass is 35.5. The number of alkyl halides is 1. The van der Waals surface area contributed by atoms with Crippen LogP contribution in [-0.4, -0.2) is 20.2 Å². The van der Waals surface area contributed by atoms with Crippen LogP contribution in [0.4, 0.5) is 0 Å². The Hall–Kier alpha value is -1.36. The summed E-state index contributed by atoms with van der Waals surface area (Å²) in [6.45, 7) is 2.06. The fraction of sp³-hybridized carbons (Fsp3) is 0.444. The summed E-state index contributed by atoms with van der Waals surface area (Å²) in [6, 6.07) is 0. The summed E-state index contributed by atoms with van der Waals surface area (Å²) >= 11 is 5.63. The SMILES string of the molecule is CCCc1[nH]nc2c(=O)[nH]c(CCl)nc12. The van der Waals surface area contributed by atoms with Crippen LogP contribution >= 0.6 is 11.6 Å². The Morgan fingerprint density at radius 3 is 2.87 bits per heavy atom. The van der Waals surface area contributed by atoms with Gasteiger partial charge < -0.3 is 4.98 Å². The van der Waals surface area contributed by atoms with Gasteiger partial charge in [-0.25, -0.2) is 4.98 Å². The van der Waals surface area contributed by atoms with E-state index in [-0.39, 0.29) is 11.4 Å². The fourth-order valence-electron chi connectivity index (χ4n) is 1.49. The molecule has 0 aliphatic heterocycles. The van der Waals surface area contributed by atoms with E-state index in [1.54, 1.807) is 0 Å². The number of H-pyrrole nitrogens is 2. The second kappa shape index (κ2) is 4.02. The molecule has 0 spiro atoms. The minimum atomic E-state index is -0.241. The minimum Gasteiger partial charge on any atom is -0.308 e. The molecule has 0 unspecified atom stereocenters. The summed E-state index contributed by atoms with van der Waals surface area (Å²) in [5, 5.41) is 6.77. The van der Waals surface area contributed by atoms with Crippen LogP contribution in [-0.2, 0) is 12.3 Å². The largest absolute Gasteiger partial charge is 0.308 e. The summed E-state index contributed by atoms with van der Waals surface area (Å²) in [5.74, 6) is 0.676. The predicted molar refractivity (Wildman–Crippen MR) is 58.1 cm³/mol. The van der Waals surface area contributed by atoms with E-state index in [1.807, 2.05) is 0 Å². The molecule has 2 N–H and O–H groups in total. The van der Waals surface area contributed by atoms with Crippen LogP contribution in [0.2, 0.25) is 0 Å². The molecule has 0 saturated carbocycles. The molecule has 2 heterocycles. The van der Waals surface area contributed by atoms with Crippen molar-refractivity contribution >= 4 is 22.6 Å². The molecule has 0 atom stereocenters. The first kappa shape index (κ1) is 10.2. The van der Waals surface area contributed by atoms with E-state index >= 15 is 0 Å². The van der Waals surface area contributed by atoms with Crippen LogP contribution in [0.3, 0.4) is 0 Å². The average Bonchev–Trinajstić information content (AvgIpc) is 2.63. The number of halogens is 1. The van der Waals surface area contributed by atoms with Gasteiger partial charge in [0.25, 0.3) is 5.56 Å². The van der Waals surface area contributed by atoms with Gasteiger partial charge in [0.1, 0.15) is 11.3 Å². The van der Waals surface area contributed by atoms with Crippen LogP contribution < -0.4 is 5.56 Å². The number of fused-ring (bicyclic) bond motifs is 1. The van der Waals surface area contributed by atoms with E-state index in [1.165, 1.54) is 0 Å². The number of rotatable bonds is 3. The summed E-state index contributed by atoms with van der Waals surface area (Å²) in [4.78, 5) is 18.4. The Kier molecular flexibility index (Phi) is 2.73. The molecule has 6 heteroatoms. The molecule has 0 bridgehead atoms. The zero-order valence-electron chi connectivity index (χ0n) is 8.30. The number of aryl methyl sites for hydroxylation is 1. The highest BCUT2D eigenvalue weighted by Gasteiger charge is 2.10. The molecule has 0 amide bonds. The standard InChI is InChI=1S/C9H11ClN4O/c1-2-3-5-7-8(14-13-5)9(15)12-6(4-10)11-7/h2-4H2,1H3,(H,13,14)(H,11,12,15). The Morgan fingerprint density at radius 1 is 1.40 bits per heavy atom. The number of hydrogen-bond acceptors (Lipinski definition) is 3. The average molecular weight is 227 g/mol. The quantitative estimate of drug-likeness (QED) is 0.776. The van der Waals surface area contributed by atoms with Gasteiger partial charge in [-0.1, -0.05) is 13.3 Å². The topological polar surface area (TPSA) is 74.4 Å². The number of nitrogens with one attached hydrogen (secondary N) is 2. The second-order valence-electron chi connectivity index (χ2n) is 3.30. The van der Waals surface area contributed by atoms with Gasteiger partial charge in [0.05, 0.1) is 11.6 Å². The third-order valence-corrected chi connectivity index (χ3v) is 2.41. The summed E-state index contributed by atoms with van der Waals surface area (Å²) < 4.78 is 0. The Bertz CT molecular complexity index is 530. The molecular weight excluding hydrogens is 216 g/mol. The maximum Gasteiger partial charge on any atom is 0.279 e. The third kappa shape index (κ3) is 1.74. The van der Waals surface area contributed by atoms with Crippen molar-refractivity contribution in [2.75, 3.05) is 0 Å². The van der Waals surface area contributed by atoms with Crippen LogP contribution in [0.15, 0.2) is 4.79 Å². The van der Waals surface area contributed by atoms with E-state index < -0.39 is 0 Å². The van der Waals surface area contributed by atoms with Gasteiger partial charge in [-0.05, 0) is 6.42 Å². The monoisotopic (exact) mass is 226 g/mol. The van der Waals surface area contributed by atoms with E-state index in [0.717, 1.165) is 18.5 Å². The Morgan fingerprint density at radius 2 is 2.20 bits per heavy atom. The third-order valence-electron chi connectivity index (χ3n) is 2.16. The number of nitrogens with zero attached hydrogens (tertiary/aromatic N) is 2. The summed E-state index contributed by atoms with van der Waals surface area (Å²) in [7, 11) is 0. The molecule has 15 heavy (non-hydrogen) atoms. The van der Waals surface area contributed by atoms with E-state index in [9.17, 15) is 4.79 Å². The van der Waals surface area contributed by atoms with Crippen molar-refractivity contribution in [2.24, 2.45) is 0 Å². The molecule has 0 saturated heterocycles. The van der Waals surface area contributed by atoms with Gasteiger partial charge in [-0.15, -0.1) is 11.6 Å². The molecule has 0 radical (unpaired) electrons. The number of aromatic nitrogens is 4. The lowest BCUT2D eigenvalue weighted by molar-refractivity contribution is 0.871. The molecular formula is C9H11ClN4O. The van der Waals surface area contributed by atoms with Gasteiger partial charge in [0.2, 0.25) is 0 Å². The fourth-order valence-corrected chi connectivity index (χ4v) is 1.62. The molecule has 0 aromatic carbocycles. The summed E-state index contributed by atoms with van der Waals surface area (Å²) in [5.41, 5.74) is 1.64. The normalized spacial score (nSPS) is 11.1. The van der Waals surface area contributed by atoms with Crippen molar-refractivity contribution in [3.63, 3.8) is 0 Å². The van der Waals surface area contributed by atoms with Crippen molar-refractivity contribution < 1.29 is 0 Å². The highest BCUT2D eigenvalue weighted by molar-refractivity contribution is 6.16. The zero-order valence-corrected chi connectivity index (χ0v) is 9.06. The van der Waals surface area contributed by atoms with Gasteiger partial charge in [-0.2, -0.15) is 5.10 Å². The van der Waals surface area contributed by atoms with Crippen LogP contribution in [0, 0.1) is 0 Å². The molecule has 0 fully saturated rings. The van der Waals surface area contributed by atoms with E-state index in [2.05, 4.69) is 27.1 Å². The van der Waals surface area contributed by atoms with Crippen molar-refractivity contribution in [1.82, 2.24) is 20.2 Å². The van der Waals surface area contributed by atoms with Crippen molar-refractivity contribution in [2.45, 2.75) is 25.6 Å². The lowest BCUT2D eigenvalue weighted by atomic mass is 10.2. The van der Waals surface area contributed by atoms with Crippen molar-refractivity contribution in [1.29, 1.82) is 0 Å². The second-order valence-corrected chi connectivity index (χ2v) is 3.56. The first-order chi connectivity index (χ1) is 7.26. The Balaban J connectivity index is 2.67. The maximum absolute atomic E-state index is 11.5. The van der Waals surface area contributed by atoms with Gasteiger partial charge in [0, 0.05) is 0 Å². The van der Waals surface area contributed by atoms with Gasteiger partial charge in [-0.3, -0.25) is 9.89 Å². The van der Waals surface area contributed by atoms with Crippen LogP contribution in [0.1, 0.15) is 24.9 Å². The van der Waals surface area contributed by atoms with Gasteiger partial charge >= 0.3 is 0 Å². The van der Waals surface area contributed by atoms with Crippen molar-refractivity contribution in [3.8, 4) is 0 Å². The molecule has 2 aromatic heterocycles. The number of hydrogen-bond donors (Lipinski definition) is 2. The predicted octanol–water partition coefficient (Wildman–Crippen LogP) is 1.34. The zero-order chi connectivity index (χ0) is 10.8. The smallest absolute Gasteiger partial charge is 0.279 e.